The Morgan fingerprint density at radius 3 is 2.88 bits per heavy atom. The summed E-state index contributed by atoms with van der Waals surface area (Å²) < 4.78 is 5.11. The molecular weight excluding hydrogens is 349 g/mol. The molecule has 1 aliphatic rings. The lowest BCUT2D eigenvalue weighted by Crippen LogP contribution is -2.27. The minimum Gasteiger partial charge on any atom is -0.465 e. The summed E-state index contributed by atoms with van der Waals surface area (Å²) >= 11 is 12.5. The molecule has 6 heteroatoms. The van der Waals surface area contributed by atoms with Gasteiger partial charge < -0.3 is 9.73 Å². The molecule has 0 fully saturated rings. The minimum absolute atomic E-state index is 0.0109. The van der Waals surface area contributed by atoms with Crippen LogP contribution in [0.2, 0.25) is 0 Å². The van der Waals surface area contributed by atoms with Gasteiger partial charge in [-0.25, -0.2) is 0 Å². The fourth-order valence-corrected chi connectivity index (χ4v) is 3.28. The Morgan fingerprint density at radius 1 is 1.46 bits per heavy atom. The number of Topliss-reactive ketones (excluding diaryl/α,β-unsaturated/α-hetero) is 1. The van der Waals surface area contributed by atoms with Crippen molar-refractivity contribution in [2.45, 2.75) is 31.6 Å². The summed E-state index contributed by atoms with van der Waals surface area (Å²) in [5, 5.41) is 2.68. The highest BCUT2D eigenvalue weighted by atomic mass is 35.5. The third-order valence-corrected chi connectivity index (χ3v) is 4.24. The van der Waals surface area contributed by atoms with Gasteiger partial charge in [0.15, 0.2) is 5.78 Å². The molecule has 0 saturated heterocycles. The summed E-state index contributed by atoms with van der Waals surface area (Å²) in [6.45, 7) is 2.27. The fourth-order valence-electron chi connectivity index (χ4n) is 2.39. The van der Waals surface area contributed by atoms with Gasteiger partial charge in [-0.1, -0.05) is 18.5 Å². The number of allylic oxidation sites excluding steroid dienone is 3. The van der Waals surface area contributed by atoms with Crippen LogP contribution in [0.5, 0.6) is 0 Å². The van der Waals surface area contributed by atoms with Crippen LogP contribution >= 0.6 is 23.2 Å². The van der Waals surface area contributed by atoms with Crippen LogP contribution in [0.4, 0.5) is 0 Å². The predicted octanol–water partition coefficient (Wildman–Crippen LogP) is 4.21. The van der Waals surface area contributed by atoms with Crippen molar-refractivity contribution >= 4 is 41.0 Å². The van der Waals surface area contributed by atoms with E-state index in [9.17, 15) is 9.59 Å². The Morgan fingerprint density at radius 2 is 2.25 bits per heavy atom. The summed E-state index contributed by atoms with van der Waals surface area (Å²) in [5.74, 6) is 0.350. The zero-order valence-corrected chi connectivity index (χ0v) is 14.9. The topological polar surface area (TPSA) is 59.3 Å². The molecule has 1 heterocycles. The number of nitrogens with one attached hydrogen (secondary N) is 1. The van der Waals surface area contributed by atoms with Gasteiger partial charge in [-0.3, -0.25) is 9.59 Å². The molecule has 1 amide bonds. The van der Waals surface area contributed by atoms with Gasteiger partial charge in [-0.05, 0) is 42.7 Å². The van der Waals surface area contributed by atoms with Crippen molar-refractivity contribution in [1.82, 2.24) is 5.32 Å². The van der Waals surface area contributed by atoms with Gasteiger partial charge in [0.25, 0.3) is 0 Å². The number of rotatable bonds is 7. The highest BCUT2D eigenvalue weighted by Crippen LogP contribution is 2.31. The van der Waals surface area contributed by atoms with Crippen LogP contribution in [0.15, 0.2) is 51.1 Å². The third kappa shape index (κ3) is 5.11. The van der Waals surface area contributed by atoms with Crippen molar-refractivity contribution in [3.63, 3.8) is 0 Å². The van der Waals surface area contributed by atoms with Crippen LogP contribution < -0.4 is 5.32 Å². The van der Waals surface area contributed by atoms with Crippen molar-refractivity contribution < 1.29 is 14.0 Å². The van der Waals surface area contributed by atoms with E-state index in [1.807, 2.05) is 6.92 Å². The number of carbonyl (C=O) groups excluding carboxylic acids is 2. The summed E-state index contributed by atoms with van der Waals surface area (Å²) in [4.78, 5) is 23.8. The number of hydrogen-bond acceptors (Lipinski definition) is 3. The Labute approximate surface area is 151 Å². The summed E-state index contributed by atoms with van der Waals surface area (Å²) in [6.07, 6.45) is 7.93. The predicted molar refractivity (Wildman–Crippen MR) is 95.9 cm³/mol. The first kappa shape index (κ1) is 18.6. The van der Waals surface area contributed by atoms with Gasteiger partial charge >= 0.3 is 0 Å². The van der Waals surface area contributed by atoms with Crippen molar-refractivity contribution in [1.29, 1.82) is 0 Å². The normalized spacial score (nSPS) is 18.0. The van der Waals surface area contributed by atoms with Gasteiger partial charge in [0, 0.05) is 29.6 Å². The first-order valence-corrected chi connectivity index (χ1v) is 8.58. The Balaban J connectivity index is 1.94. The van der Waals surface area contributed by atoms with E-state index in [0.717, 1.165) is 12.0 Å². The summed E-state index contributed by atoms with van der Waals surface area (Å²) in [7, 11) is 0. The molecule has 4 nitrogen and oxygen atoms in total. The van der Waals surface area contributed by atoms with Crippen molar-refractivity contribution in [2.75, 3.05) is 6.54 Å². The van der Waals surface area contributed by atoms with Gasteiger partial charge in [-0.15, -0.1) is 11.6 Å². The van der Waals surface area contributed by atoms with Gasteiger partial charge in [0.05, 0.1) is 11.6 Å². The summed E-state index contributed by atoms with van der Waals surface area (Å²) in [5.41, 5.74) is 1.36. The van der Waals surface area contributed by atoms with Crippen LogP contribution in [0.3, 0.4) is 0 Å². The molecule has 128 valence electrons. The molecule has 1 aromatic heterocycles. The zero-order valence-electron chi connectivity index (χ0n) is 13.4. The second kappa shape index (κ2) is 8.90. The monoisotopic (exact) mass is 367 g/mol. The minimum atomic E-state index is -0.452. The van der Waals surface area contributed by atoms with Gasteiger partial charge in [0.2, 0.25) is 5.91 Å². The third-order valence-electron chi connectivity index (χ3n) is 3.55. The molecule has 0 spiro atoms. The maximum Gasteiger partial charge on any atom is 0.244 e. The lowest BCUT2D eigenvalue weighted by Gasteiger charge is -2.21. The van der Waals surface area contributed by atoms with E-state index in [1.54, 1.807) is 24.3 Å². The van der Waals surface area contributed by atoms with Crippen LogP contribution in [0, 0.1) is 0 Å². The molecule has 0 radical (unpaired) electrons. The maximum absolute atomic E-state index is 12.0. The SMILES string of the molecule is CCCC(=O)C1=C(Cl)C=C(CNC(=O)/C=C/c2ccco2)CC1Cl. The number of hydrogen-bond donors (Lipinski definition) is 1. The molecule has 0 bridgehead atoms. The number of furan rings is 1. The molecule has 1 N–H and O–H groups in total. The van der Waals surface area contributed by atoms with Crippen molar-refractivity contribution in [3.8, 4) is 0 Å². The molecule has 2 rings (SSSR count). The number of amides is 1. The van der Waals surface area contributed by atoms with Crippen LogP contribution in [0.25, 0.3) is 6.08 Å². The van der Waals surface area contributed by atoms with Gasteiger partial charge in [-0.2, -0.15) is 0 Å². The average Bonchev–Trinajstić information content (AvgIpc) is 3.04. The second-order valence-electron chi connectivity index (χ2n) is 5.48. The smallest absolute Gasteiger partial charge is 0.244 e. The number of alkyl halides is 1. The van der Waals surface area contributed by atoms with E-state index >= 15 is 0 Å². The van der Waals surface area contributed by atoms with Crippen molar-refractivity contribution in [2.24, 2.45) is 0 Å². The number of halogens is 2. The Bertz CT molecular complexity index is 687. The average molecular weight is 368 g/mol. The molecule has 1 atom stereocenters. The molecule has 24 heavy (non-hydrogen) atoms. The highest BCUT2D eigenvalue weighted by Gasteiger charge is 2.26. The summed E-state index contributed by atoms with van der Waals surface area (Å²) in [6, 6.07) is 3.50. The quantitative estimate of drug-likeness (QED) is 0.579. The van der Waals surface area contributed by atoms with E-state index in [1.165, 1.54) is 12.3 Å². The zero-order chi connectivity index (χ0) is 17.5. The highest BCUT2D eigenvalue weighted by molar-refractivity contribution is 6.36. The van der Waals surface area contributed by atoms with E-state index in [-0.39, 0.29) is 11.7 Å². The molecule has 0 aliphatic heterocycles. The van der Waals surface area contributed by atoms with Crippen LogP contribution in [-0.4, -0.2) is 23.6 Å². The lowest BCUT2D eigenvalue weighted by atomic mass is 9.93. The lowest BCUT2D eigenvalue weighted by molar-refractivity contribution is -0.117. The van der Waals surface area contributed by atoms with Gasteiger partial charge in [0.1, 0.15) is 5.76 Å². The van der Waals surface area contributed by atoms with Crippen LogP contribution in [-0.2, 0) is 9.59 Å². The van der Waals surface area contributed by atoms with Crippen molar-refractivity contribution in [3.05, 3.63) is 52.5 Å². The van der Waals surface area contributed by atoms with E-state index in [4.69, 9.17) is 27.6 Å². The molecule has 0 aromatic carbocycles. The Hall–Kier alpha value is -1.78. The second-order valence-corrected chi connectivity index (χ2v) is 6.41. The largest absolute Gasteiger partial charge is 0.465 e. The molecule has 1 aromatic rings. The standard InChI is InChI=1S/C18H19Cl2NO3/c1-2-4-16(22)18-14(19)9-12(10-15(18)20)11-21-17(23)7-6-13-5-3-8-24-13/h3,5-9,15H,2,4,10-11H2,1H3,(H,21,23)/b7-6+. The molecular formula is C18H19Cl2NO3. The van der Waals surface area contributed by atoms with E-state index in [2.05, 4.69) is 5.32 Å². The number of carbonyl (C=O) groups is 2. The van der Waals surface area contributed by atoms with E-state index in [0.29, 0.717) is 35.8 Å². The Kier molecular flexibility index (Phi) is 6.88. The van der Waals surface area contributed by atoms with Crippen LogP contribution in [0.1, 0.15) is 31.9 Å². The van der Waals surface area contributed by atoms with E-state index < -0.39 is 5.38 Å². The number of ketones is 1. The first-order chi connectivity index (χ1) is 11.5. The maximum atomic E-state index is 12.0. The molecule has 1 aliphatic carbocycles. The molecule has 1 unspecified atom stereocenters. The fraction of sp³-hybridized carbons (Fsp3) is 0.333. The first-order valence-electron chi connectivity index (χ1n) is 7.77. The molecule has 0 saturated carbocycles.